The van der Waals surface area contributed by atoms with Gasteiger partial charge in [-0.2, -0.15) is 5.10 Å². The van der Waals surface area contributed by atoms with Gasteiger partial charge >= 0.3 is 5.97 Å². The summed E-state index contributed by atoms with van der Waals surface area (Å²) in [6.45, 7) is 3.36. The Labute approximate surface area is 158 Å². The highest BCUT2D eigenvalue weighted by molar-refractivity contribution is 6.40. The molecule has 2 aromatic rings. The van der Waals surface area contributed by atoms with Crippen molar-refractivity contribution in [1.29, 1.82) is 0 Å². The maximum absolute atomic E-state index is 12.5. The first-order valence-electron chi connectivity index (χ1n) is 8.99. The number of amides is 1. The van der Waals surface area contributed by atoms with E-state index in [2.05, 4.69) is 10.4 Å². The third kappa shape index (κ3) is 4.73. The molecule has 0 spiro atoms. The summed E-state index contributed by atoms with van der Waals surface area (Å²) >= 11 is 0. The zero-order chi connectivity index (χ0) is 19.2. The van der Waals surface area contributed by atoms with Crippen LogP contribution in [-0.2, 0) is 14.3 Å². The van der Waals surface area contributed by atoms with E-state index in [0.29, 0.717) is 12.1 Å². The van der Waals surface area contributed by atoms with Gasteiger partial charge in [0.2, 0.25) is 0 Å². The number of hydrazone groups is 1. The van der Waals surface area contributed by atoms with Crippen molar-refractivity contribution in [3.05, 3.63) is 66.2 Å². The van der Waals surface area contributed by atoms with E-state index in [1.807, 2.05) is 65.7 Å². The zero-order valence-corrected chi connectivity index (χ0v) is 15.5. The number of hydrogen-bond donors (Lipinski definition) is 1. The van der Waals surface area contributed by atoms with Crippen molar-refractivity contribution in [2.24, 2.45) is 5.10 Å². The molecule has 0 saturated carbocycles. The summed E-state index contributed by atoms with van der Waals surface area (Å²) in [5, 5.41) is 9.00. The molecule has 3 rings (SSSR count). The summed E-state index contributed by atoms with van der Waals surface area (Å²) in [5.74, 6) is -0.813. The molecule has 1 amide bonds. The predicted molar refractivity (Wildman–Crippen MR) is 104 cm³/mol. The smallest absolute Gasteiger partial charge is 0.325 e. The van der Waals surface area contributed by atoms with Crippen molar-refractivity contribution < 1.29 is 14.3 Å². The Morgan fingerprint density at radius 1 is 1.11 bits per heavy atom. The highest BCUT2D eigenvalue weighted by atomic mass is 16.5. The van der Waals surface area contributed by atoms with Crippen molar-refractivity contribution in [2.45, 2.75) is 32.4 Å². The summed E-state index contributed by atoms with van der Waals surface area (Å²) in [6, 6.07) is 19.6. The standard InChI is InChI=1S/C21H23N3O3/c1-15(2)27-20(25)14-22-21(26)18-13-19(16-9-5-3-6-10-16)24(23-18)17-11-7-4-8-12-17/h3-12,15,19H,13-14H2,1-2H3,(H,22,26). The van der Waals surface area contributed by atoms with Gasteiger partial charge in [-0.3, -0.25) is 14.6 Å². The molecule has 1 unspecified atom stereocenters. The van der Waals surface area contributed by atoms with Gasteiger partial charge in [0.05, 0.1) is 17.8 Å². The molecule has 1 atom stereocenters. The summed E-state index contributed by atoms with van der Waals surface area (Å²) < 4.78 is 5.04. The predicted octanol–water partition coefficient (Wildman–Crippen LogP) is 3.06. The molecule has 0 saturated heterocycles. The van der Waals surface area contributed by atoms with E-state index in [1.54, 1.807) is 13.8 Å². The first kappa shape index (κ1) is 18.6. The first-order chi connectivity index (χ1) is 13.0. The van der Waals surface area contributed by atoms with Crippen LogP contribution in [0, 0.1) is 0 Å². The maximum Gasteiger partial charge on any atom is 0.325 e. The number of carbonyl (C=O) groups is 2. The van der Waals surface area contributed by atoms with Gasteiger partial charge in [-0.1, -0.05) is 48.5 Å². The van der Waals surface area contributed by atoms with Crippen molar-refractivity contribution in [1.82, 2.24) is 5.32 Å². The quantitative estimate of drug-likeness (QED) is 0.799. The molecule has 1 aliphatic rings. The van der Waals surface area contributed by atoms with Crippen LogP contribution in [0.3, 0.4) is 0 Å². The molecule has 2 aromatic carbocycles. The first-order valence-corrected chi connectivity index (χ1v) is 8.99. The number of ether oxygens (including phenoxy) is 1. The molecule has 140 valence electrons. The number of hydrogen-bond acceptors (Lipinski definition) is 5. The van der Waals surface area contributed by atoms with Crippen LogP contribution in [0.1, 0.15) is 31.9 Å². The number of nitrogens with zero attached hydrogens (tertiary/aromatic N) is 2. The van der Waals surface area contributed by atoms with E-state index in [4.69, 9.17) is 4.74 Å². The van der Waals surface area contributed by atoms with E-state index in [1.165, 1.54) is 0 Å². The molecular formula is C21H23N3O3. The molecular weight excluding hydrogens is 342 g/mol. The lowest BCUT2D eigenvalue weighted by Gasteiger charge is -2.23. The van der Waals surface area contributed by atoms with Gasteiger partial charge in [0, 0.05) is 6.42 Å². The normalized spacial score (nSPS) is 16.2. The van der Waals surface area contributed by atoms with Gasteiger partial charge in [0.25, 0.3) is 5.91 Å². The van der Waals surface area contributed by atoms with Crippen molar-refractivity contribution in [3.63, 3.8) is 0 Å². The number of para-hydroxylation sites is 1. The fourth-order valence-electron chi connectivity index (χ4n) is 2.96. The molecule has 0 aromatic heterocycles. The minimum Gasteiger partial charge on any atom is -0.462 e. The lowest BCUT2D eigenvalue weighted by Crippen LogP contribution is -2.35. The lowest BCUT2D eigenvalue weighted by molar-refractivity contribution is -0.147. The second-order valence-corrected chi connectivity index (χ2v) is 6.58. The number of carbonyl (C=O) groups excluding carboxylic acids is 2. The van der Waals surface area contributed by atoms with Crippen LogP contribution in [0.15, 0.2) is 65.8 Å². The fraction of sp³-hybridized carbons (Fsp3) is 0.286. The highest BCUT2D eigenvalue weighted by Crippen LogP contribution is 2.34. The second-order valence-electron chi connectivity index (χ2n) is 6.58. The van der Waals surface area contributed by atoms with Crippen LogP contribution in [0.4, 0.5) is 5.69 Å². The third-order valence-electron chi connectivity index (χ3n) is 4.14. The Kier molecular flexibility index (Phi) is 5.86. The number of anilines is 1. The molecule has 6 nitrogen and oxygen atoms in total. The van der Waals surface area contributed by atoms with E-state index >= 15 is 0 Å². The summed E-state index contributed by atoms with van der Waals surface area (Å²) in [6.07, 6.45) is 0.249. The van der Waals surface area contributed by atoms with Crippen LogP contribution in [0.5, 0.6) is 0 Å². The molecule has 6 heteroatoms. The summed E-state index contributed by atoms with van der Waals surface area (Å²) in [4.78, 5) is 24.2. The molecule has 1 aliphatic heterocycles. The Bertz CT molecular complexity index is 819. The summed E-state index contributed by atoms with van der Waals surface area (Å²) in [7, 11) is 0. The van der Waals surface area contributed by atoms with Gasteiger partial charge in [0.15, 0.2) is 0 Å². The van der Waals surface area contributed by atoms with Crippen molar-refractivity contribution in [2.75, 3.05) is 11.6 Å². The molecule has 1 heterocycles. The van der Waals surface area contributed by atoms with Crippen molar-refractivity contribution >= 4 is 23.3 Å². The van der Waals surface area contributed by atoms with E-state index in [-0.39, 0.29) is 24.6 Å². The number of esters is 1. The summed E-state index contributed by atoms with van der Waals surface area (Å²) in [5.41, 5.74) is 2.38. The average Bonchev–Trinajstić information content (AvgIpc) is 3.12. The van der Waals surface area contributed by atoms with Gasteiger partial charge in [-0.25, -0.2) is 0 Å². The van der Waals surface area contributed by atoms with Gasteiger partial charge in [0.1, 0.15) is 12.3 Å². The largest absolute Gasteiger partial charge is 0.462 e. The van der Waals surface area contributed by atoms with Crippen LogP contribution in [0.2, 0.25) is 0 Å². The van der Waals surface area contributed by atoms with Crippen LogP contribution >= 0.6 is 0 Å². The Hall–Kier alpha value is -3.15. The van der Waals surface area contributed by atoms with E-state index < -0.39 is 5.97 Å². The number of benzene rings is 2. The van der Waals surface area contributed by atoms with E-state index in [9.17, 15) is 9.59 Å². The third-order valence-corrected chi connectivity index (χ3v) is 4.14. The SMILES string of the molecule is CC(C)OC(=O)CNC(=O)C1=NN(c2ccccc2)C(c2ccccc2)C1. The van der Waals surface area contributed by atoms with E-state index in [0.717, 1.165) is 11.3 Å². The molecule has 0 radical (unpaired) electrons. The molecule has 27 heavy (non-hydrogen) atoms. The highest BCUT2D eigenvalue weighted by Gasteiger charge is 2.32. The topological polar surface area (TPSA) is 71.0 Å². The number of nitrogens with one attached hydrogen (secondary N) is 1. The molecule has 1 N–H and O–H groups in total. The average molecular weight is 365 g/mol. The van der Waals surface area contributed by atoms with Crippen molar-refractivity contribution in [3.8, 4) is 0 Å². The fourth-order valence-corrected chi connectivity index (χ4v) is 2.96. The van der Waals surface area contributed by atoms with Gasteiger partial charge < -0.3 is 10.1 Å². The molecule has 0 aliphatic carbocycles. The van der Waals surface area contributed by atoms with Crippen LogP contribution in [0.25, 0.3) is 0 Å². The maximum atomic E-state index is 12.5. The minimum absolute atomic E-state index is 0.0723. The number of rotatable bonds is 6. The van der Waals surface area contributed by atoms with Gasteiger partial charge in [-0.15, -0.1) is 0 Å². The second kappa shape index (κ2) is 8.49. The minimum atomic E-state index is -0.462. The Balaban J connectivity index is 1.76. The van der Waals surface area contributed by atoms with Gasteiger partial charge in [-0.05, 0) is 31.5 Å². The monoisotopic (exact) mass is 365 g/mol. The Morgan fingerprint density at radius 2 is 1.74 bits per heavy atom. The Morgan fingerprint density at radius 3 is 2.37 bits per heavy atom. The molecule has 0 bridgehead atoms. The van der Waals surface area contributed by atoms with Crippen LogP contribution < -0.4 is 10.3 Å². The lowest BCUT2D eigenvalue weighted by atomic mass is 10.0. The van der Waals surface area contributed by atoms with Crippen LogP contribution in [-0.4, -0.2) is 30.2 Å². The molecule has 0 fully saturated rings. The zero-order valence-electron chi connectivity index (χ0n) is 15.5.